The summed E-state index contributed by atoms with van der Waals surface area (Å²) in [4.78, 5) is 24.8. The minimum atomic E-state index is -3.38. The number of carbonyl (C=O) groups is 2. The molecule has 0 radical (unpaired) electrons. The highest BCUT2D eigenvalue weighted by molar-refractivity contribution is 7.89. The summed E-state index contributed by atoms with van der Waals surface area (Å²) >= 11 is 0. The predicted octanol–water partition coefficient (Wildman–Crippen LogP) is 2.21. The molecule has 1 atom stereocenters. The number of anilines is 1. The largest absolute Gasteiger partial charge is 0.459 e. The van der Waals surface area contributed by atoms with Gasteiger partial charge in [0, 0.05) is 18.8 Å². The van der Waals surface area contributed by atoms with Gasteiger partial charge in [0.1, 0.15) is 6.04 Å². The zero-order valence-corrected chi connectivity index (χ0v) is 17.2. The summed E-state index contributed by atoms with van der Waals surface area (Å²) < 4.78 is 30.8. The van der Waals surface area contributed by atoms with E-state index in [0.717, 1.165) is 5.56 Å². The Morgan fingerprint density at radius 2 is 2.00 bits per heavy atom. The van der Waals surface area contributed by atoms with Crippen LogP contribution in [0.25, 0.3) is 0 Å². The van der Waals surface area contributed by atoms with Gasteiger partial charge in [-0.15, -0.1) is 0 Å². The van der Waals surface area contributed by atoms with Crippen LogP contribution in [0.2, 0.25) is 0 Å². The van der Waals surface area contributed by atoms with Gasteiger partial charge in [-0.25, -0.2) is 8.42 Å². The van der Waals surface area contributed by atoms with E-state index in [2.05, 4.69) is 10.6 Å². The normalized spacial score (nSPS) is 17.2. The lowest BCUT2D eigenvalue weighted by molar-refractivity contribution is -0.126. The van der Waals surface area contributed by atoms with Crippen molar-refractivity contribution in [2.45, 2.75) is 32.9 Å². The average molecular weight is 420 g/mol. The number of hydrogen-bond donors (Lipinski definition) is 2. The van der Waals surface area contributed by atoms with E-state index in [0.29, 0.717) is 18.7 Å². The number of sulfonamides is 1. The first-order valence-corrected chi connectivity index (χ1v) is 11.1. The molecule has 0 spiro atoms. The van der Waals surface area contributed by atoms with E-state index in [1.54, 1.807) is 30.3 Å². The standard InChI is InChI=1S/C20H25N3O5S/c1-14(2)18(23-9-5-11-29(23,26)27)20(25)21-13-15-6-3-7-16(12-15)22-19(24)17-8-4-10-28-17/h3-4,6-8,10,12,14,18H,5,9,11,13H2,1-2H3,(H,21,25)(H,22,24). The highest BCUT2D eigenvalue weighted by Gasteiger charge is 2.39. The Kier molecular flexibility index (Phi) is 6.39. The minimum Gasteiger partial charge on any atom is -0.459 e. The molecule has 0 bridgehead atoms. The highest BCUT2D eigenvalue weighted by atomic mass is 32.2. The number of benzene rings is 1. The quantitative estimate of drug-likeness (QED) is 0.715. The summed E-state index contributed by atoms with van der Waals surface area (Å²) in [6, 6.07) is 9.54. The zero-order chi connectivity index (χ0) is 21.0. The van der Waals surface area contributed by atoms with Crippen LogP contribution in [-0.4, -0.2) is 42.9 Å². The molecule has 1 aliphatic heterocycles. The van der Waals surface area contributed by atoms with Crippen molar-refractivity contribution in [2.75, 3.05) is 17.6 Å². The first kappa shape index (κ1) is 21.1. The Morgan fingerprint density at radius 1 is 1.21 bits per heavy atom. The van der Waals surface area contributed by atoms with E-state index < -0.39 is 16.1 Å². The molecule has 1 fully saturated rings. The molecule has 2 aromatic rings. The molecular weight excluding hydrogens is 394 g/mol. The fourth-order valence-corrected chi connectivity index (χ4v) is 5.21. The zero-order valence-electron chi connectivity index (χ0n) is 16.4. The Hall–Kier alpha value is -2.65. The van der Waals surface area contributed by atoms with Gasteiger partial charge < -0.3 is 15.1 Å². The van der Waals surface area contributed by atoms with Crippen LogP contribution in [0.4, 0.5) is 5.69 Å². The summed E-state index contributed by atoms with van der Waals surface area (Å²) in [6.07, 6.45) is 1.96. The molecule has 1 aliphatic rings. The van der Waals surface area contributed by atoms with Crippen molar-refractivity contribution in [1.29, 1.82) is 0 Å². The molecule has 156 valence electrons. The van der Waals surface area contributed by atoms with Gasteiger partial charge in [-0.1, -0.05) is 26.0 Å². The molecule has 1 saturated heterocycles. The van der Waals surface area contributed by atoms with Crippen molar-refractivity contribution < 1.29 is 22.4 Å². The van der Waals surface area contributed by atoms with Crippen LogP contribution in [0, 0.1) is 5.92 Å². The van der Waals surface area contributed by atoms with Gasteiger partial charge in [-0.2, -0.15) is 4.31 Å². The van der Waals surface area contributed by atoms with E-state index in [9.17, 15) is 18.0 Å². The molecule has 1 aromatic carbocycles. The fourth-order valence-electron chi connectivity index (χ4n) is 3.39. The van der Waals surface area contributed by atoms with Gasteiger partial charge in [-0.3, -0.25) is 9.59 Å². The van der Waals surface area contributed by atoms with Gasteiger partial charge in [0.2, 0.25) is 15.9 Å². The van der Waals surface area contributed by atoms with Crippen LogP contribution in [0.3, 0.4) is 0 Å². The van der Waals surface area contributed by atoms with Gasteiger partial charge in [0.05, 0.1) is 12.0 Å². The van der Waals surface area contributed by atoms with Crippen LogP contribution in [0.1, 0.15) is 36.4 Å². The summed E-state index contributed by atoms with van der Waals surface area (Å²) in [5.74, 6) is -0.552. The number of nitrogens with one attached hydrogen (secondary N) is 2. The lowest BCUT2D eigenvalue weighted by Gasteiger charge is -2.28. The number of rotatable bonds is 7. The van der Waals surface area contributed by atoms with E-state index in [1.807, 2.05) is 19.9 Å². The third-order valence-corrected chi connectivity index (χ3v) is 6.67. The van der Waals surface area contributed by atoms with Gasteiger partial charge in [0.25, 0.3) is 5.91 Å². The molecule has 1 unspecified atom stereocenters. The SMILES string of the molecule is CC(C)C(C(=O)NCc1cccc(NC(=O)c2ccco2)c1)N1CCCS1(=O)=O. The summed E-state index contributed by atoms with van der Waals surface area (Å²) in [7, 11) is -3.38. The van der Waals surface area contributed by atoms with E-state index in [-0.39, 0.29) is 35.8 Å². The van der Waals surface area contributed by atoms with Crippen LogP contribution in [0.5, 0.6) is 0 Å². The monoisotopic (exact) mass is 419 g/mol. The second-order valence-electron chi connectivity index (χ2n) is 7.32. The molecule has 1 aromatic heterocycles. The minimum absolute atomic E-state index is 0.0842. The second kappa shape index (κ2) is 8.79. The molecule has 0 saturated carbocycles. The van der Waals surface area contributed by atoms with E-state index >= 15 is 0 Å². The lowest BCUT2D eigenvalue weighted by Crippen LogP contribution is -2.50. The Morgan fingerprint density at radius 3 is 2.62 bits per heavy atom. The number of carbonyl (C=O) groups excluding carboxylic acids is 2. The molecule has 2 N–H and O–H groups in total. The van der Waals surface area contributed by atoms with Crippen molar-refractivity contribution in [3.05, 3.63) is 54.0 Å². The summed E-state index contributed by atoms with van der Waals surface area (Å²) in [5.41, 5.74) is 1.35. The van der Waals surface area contributed by atoms with Crippen molar-refractivity contribution in [2.24, 2.45) is 5.92 Å². The van der Waals surface area contributed by atoms with Crippen LogP contribution < -0.4 is 10.6 Å². The van der Waals surface area contributed by atoms with Gasteiger partial charge >= 0.3 is 0 Å². The Bertz CT molecular complexity index is 970. The number of hydrogen-bond acceptors (Lipinski definition) is 5. The molecular formula is C20H25N3O5S. The third kappa shape index (κ3) is 5.04. The summed E-state index contributed by atoms with van der Waals surface area (Å²) in [6.45, 7) is 4.26. The summed E-state index contributed by atoms with van der Waals surface area (Å²) in [5, 5.41) is 5.56. The fraction of sp³-hybridized carbons (Fsp3) is 0.400. The highest BCUT2D eigenvalue weighted by Crippen LogP contribution is 2.22. The van der Waals surface area contributed by atoms with Crippen molar-refractivity contribution >= 4 is 27.5 Å². The first-order valence-electron chi connectivity index (χ1n) is 9.49. The van der Waals surface area contributed by atoms with Crippen LogP contribution >= 0.6 is 0 Å². The molecule has 0 aliphatic carbocycles. The lowest BCUT2D eigenvalue weighted by atomic mass is 10.0. The first-order chi connectivity index (χ1) is 13.8. The van der Waals surface area contributed by atoms with Crippen molar-refractivity contribution in [3.8, 4) is 0 Å². The van der Waals surface area contributed by atoms with Crippen molar-refractivity contribution in [3.63, 3.8) is 0 Å². The number of nitrogens with zero attached hydrogens (tertiary/aromatic N) is 1. The van der Waals surface area contributed by atoms with E-state index in [4.69, 9.17) is 4.42 Å². The maximum Gasteiger partial charge on any atom is 0.291 e. The predicted molar refractivity (Wildman–Crippen MR) is 109 cm³/mol. The van der Waals surface area contributed by atoms with Gasteiger partial charge in [0.15, 0.2) is 5.76 Å². The molecule has 2 heterocycles. The molecule has 8 nitrogen and oxygen atoms in total. The number of furan rings is 1. The topological polar surface area (TPSA) is 109 Å². The van der Waals surface area contributed by atoms with Gasteiger partial charge in [-0.05, 0) is 42.2 Å². The Balaban J connectivity index is 1.64. The second-order valence-corrected chi connectivity index (χ2v) is 9.36. The Labute approximate surface area is 170 Å². The number of amides is 2. The maximum atomic E-state index is 12.8. The van der Waals surface area contributed by atoms with Crippen molar-refractivity contribution in [1.82, 2.24) is 9.62 Å². The molecule has 29 heavy (non-hydrogen) atoms. The molecule has 9 heteroatoms. The van der Waals surface area contributed by atoms with E-state index in [1.165, 1.54) is 10.6 Å². The average Bonchev–Trinajstić information content (AvgIpc) is 3.31. The molecule has 2 amide bonds. The maximum absolute atomic E-state index is 12.8. The smallest absolute Gasteiger partial charge is 0.291 e. The van der Waals surface area contributed by atoms with Crippen LogP contribution in [-0.2, 0) is 21.4 Å². The van der Waals surface area contributed by atoms with Crippen LogP contribution in [0.15, 0.2) is 47.1 Å². The molecule has 3 rings (SSSR count). The third-order valence-electron chi connectivity index (χ3n) is 4.75.